The number of benzene rings is 2. The minimum Gasteiger partial charge on any atom is -0.493 e. The SMILES string of the molecule is C=CCOc1cc(-c2cc(=O)c3ccccc3o2)ccc1OC. The van der Waals surface area contributed by atoms with E-state index in [4.69, 9.17) is 13.9 Å². The molecule has 116 valence electrons. The summed E-state index contributed by atoms with van der Waals surface area (Å²) >= 11 is 0. The smallest absolute Gasteiger partial charge is 0.193 e. The van der Waals surface area contributed by atoms with Gasteiger partial charge in [0, 0.05) is 11.6 Å². The molecule has 0 unspecified atom stereocenters. The molecule has 0 aliphatic carbocycles. The zero-order chi connectivity index (χ0) is 16.2. The van der Waals surface area contributed by atoms with Crippen molar-refractivity contribution in [2.75, 3.05) is 13.7 Å². The van der Waals surface area contributed by atoms with Crippen molar-refractivity contribution < 1.29 is 13.9 Å². The second-order valence-corrected chi connectivity index (χ2v) is 4.94. The van der Waals surface area contributed by atoms with Crippen LogP contribution in [0, 0.1) is 0 Å². The Morgan fingerprint density at radius 2 is 1.96 bits per heavy atom. The van der Waals surface area contributed by atoms with Gasteiger partial charge in [-0.15, -0.1) is 0 Å². The molecule has 0 aliphatic heterocycles. The van der Waals surface area contributed by atoms with E-state index < -0.39 is 0 Å². The summed E-state index contributed by atoms with van der Waals surface area (Å²) in [5.41, 5.74) is 1.22. The monoisotopic (exact) mass is 308 g/mol. The van der Waals surface area contributed by atoms with Crippen molar-refractivity contribution in [2.45, 2.75) is 0 Å². The van der Waals surface area contributed by atoms with Crippen LogP contribution in [0.1, 0.15) is 0 Å². The van der Waals surface area contributed by atoms with E-state index in [1.54, 1.807) is 37.5 Å². The molecule has 0 atom stereocenters. The fourth-order valence-electron chi connectivity index (χ4n) is 2.34. The van der Waals surface area contributed by atoms with Gasteiger partial charge in [-0.3, -0.25) is 4.79 Å². The summed E-state index contributed by atoms with van der Waals surface area (Å²) in [4.78, 5) is 12.2. The number of hydrogen-bond donors (Lipinski definition) is 0. The fraction of sp³-hybridized carbons (Fsp3) is 0.105. The highest BCUT2D eigenvalue weighted by molar-refractivity contribution is 5.78. The maximum absolute atomic E-state index is 12.2. The molecule has 3 aromatic rings. The number of rotatable bonds is 5. The fourth-order valence-corrected chi connectivity index (χ4v) is 2.34. The number of fused-ring (bicyclic) bond motifs is 1. The van der Waals surface area contributed by atoms with Crippen molar-refractivity contribution >= 4 is 11.0 Å². The molecule has 0 spiro atoms. The zero-order valence-electron chi connectivity index (χ0n) is 12.7. The van der Waals surface area contributed by atoms with Gasteiger partial charge in [0.25, 0.3) is 0 Å². The average Bonchev–Trinajstić information content (AvgIpc) is 2.59. The van der Waals surface area contributed by atoms with Crippen molar-refractivity contribution in [1.29, 1.82) is 0 Å². The molecule has 4 nitrogen and oxygen atoms in total. The normalized spacial score (nSPS) is 10.5. The number of methoxy groups -OCH3 is 1. The molecule has 4 heteroatoms. The van der Waals surface area contributed by atoms with Crippen LogP contribution in [0.2, 0.25) is 0 Å². The predicted octanol–water partition coefficient (Wildman–Crippen LogP) is 4.03. The van der Waals surface area contributed by atoms with Crippen LogP contribution in [-0.4, -0.2) is 13.7 Å². The molecule has 0 fully saturated rings. The highest BCUT2D eigenvalue weighted by atomic mass is 16.5. The van der Waals surface area contributed by atoms with Gasteiger partial charge < -0.3 is 13.9 Å². The van der Waals surface area contributed by atoms with Gasteiger partial charge in [-0.25, -0.2) is 0 Å². The van der Waals surface area contributed by atoms with Crippen molar-refractivity contribution in [3.8, 4) is 22.8 Å². The summed E-state index contributed by atoms with van der Waals surface area (Å²) < 4.78 is 16.7. The summed E-state index contributed by atoms with van der Waals surface area (Å²) in [6, 6.07) is 14.1. The predicted molar refractivity (Wildman–Crippen MR) is 90.2 cm³/mol. The zero-order valence-corrected chi connectivity index (χ0v) is 12.7. The summed E-state index contributed by atoms with van der Waals surface area (Å²) in [7, 11) is 1.58. The van der Waals surface area contributed by atoms with Gasteiger partial charge in [0.05, 0.1) is 12.5 Å². The van der Waals surface area contributed by atoms with Gasteiger partial charge in [0.1, 0.15) is 18.0 Å². The van der Waals surface area contributed by atoms with Crippen LogP contribution in [0.3, 0.4) is 0 Å². The molecule has 3 rings (SSSR count). The summed E-state index contributed by atoms with van der Waals surface area (Å²) in [5.74, 6) is 1.67. The quantitative estimate of drug-likeness (QED) is 0.668. The lowest BCUT2D eigenvalue weighted by Gasteiger charge is -2.11. The largest absolute Gasteiger partial charge is 0.493 e. The highest BCUT2D eigenvalue weighted by Gasteiger charge is 2.11. The molecule has 0 saturated carbocycles. The Kier molecular flexibility index (Phi) is 4.15. The van der Waals surface area contributed by atoms with Crippen molar-refractivity contribution in [1.82, 2.24) is 0 Å². The van der Waals surface area contributed by atoms with E-state index >= 15 is 0 Å². The minimum atomic E-state index is -0.0776. The van der Waals surface area contributed by atoms with E-state index in [1.165, 1.54) is 6.07 Å². The third-order valence-electron chi connectivity index (χ3n) is 3.44. The van der Waals surface area contributed by atoms with Gasteiger partial charge in [-0.2, -0.15) is 0 Å². The molecule has 0 amide bonds. The van der Waals surface area contributed by atoms with Crippen molar-refractivity contribution in [3.63, 3.8) is 0 Å². The Bertz CT molecular complexity index is 909. The molecule has 0 aliphatic rings. The van der Waals surface area contributed by atoms with E-state index in [-0.39, 0.29) is 5.43 Å². The molecule has 0 saturated heterocycles. The third-order valence-corrected chi connectivity index (χ3v) is 3.44. The first-order valence-electron chi connectivity index (χ1n) is 7.18. The number of ether oxygens (including phenoxy) is 2. The van der Waals surface area contributed by atoms with Crippen LogP contribution in [0.5, 0.6) is 11.5 Å². The molecule has 2 aromatic carbocycles. The minimum absolute atomic E-state index is 0.0776. The van der Waals surface area contributed by atoms with Crippen LogP contribution in [0.15, 0.2) is 70.4 Å². The lowest BCUT2D eigenvalue weighted by atomic mass is 10.1. The van der Waals surface area contributed by atoms with Crippen LogP contribution in [0.25, 0.3) is 22.3 Å². The molecule has 0 radical (unpaired) electrons. The molecule has 0 bridgehead atoms. The van der Waals surface area contributed by atoms with Crippen molar-refractivity contribution in [2.24, 2.45) is 0 Å². The van der Waals surface area contributed by atoms with Gasteiger partial charge in [-0.1, -0.05) is 24.8 Å². The maximum Gasteiger partial charge on any atom is 0.193 e. The Balaban J connectivity index is 2.11. The standard InChI is InChI=1S/C19H16O4/c1-3-10-22-19-11-13(8-9-17(19)21-2)18-12-15(20)14-6-4-5-7-16(14)23-18/h3-9,11-12H,1,10H2,2H3. The molecule has 1 heterocycles. The van der Waals surface area contributed by atoms with Crippen LogP contribution in [-0.2, 0) is 0 Å². The first-order valence-corrected chi connectivity index (χ1v) is 7.18. The first kappa shape index (κ1) is 14.9. The third kappa shape index (κ3) is 2.97. The average molecular weight is 308 g/mol. The van der Waals surface area contributed by atoms with Gasteiger partial charge in [0.2, 0.25) is 0 Å². The first-order chi connectivity index (χ1) is 11.2. The molecular weight excluding hydrogens is 292 g/mol. The molecule has 23 heavy (non-hydrogen) atoms. The van der Waals surface area contributed by atoms with E-state index in [0.717, 1.165) is 5.56 Å². The molecule has 0 N–H and O–H groups in total. The van der Waals surface area contributed by atoms with E-state index in [0.29, 0.717) is 34.8 Å². The molecule has 1 aromatic heterocycles. The highest BCUT2D eigenvalue weighted by Crippen LogP contribution is 2.33. The summed E-state index contributed by atoms with van der Waals surface area (Å²) in [6.45, 7) is 3.99. The topological polar surface area (TPSA) is 48.7 Å². The van der Waals surface area contributed by atoms with Crippen molar-refractivity contribution in [3.05, 3.63) is 71.4 Å². The maximum atomic E-state index is 12.2. The lowest BCUT2D eigenvalue weighted by Crippen LogP contribution is -2.00. The van der Waals surface area contributed by atoms with E-state index in [2.05, 4.69) is 6.58 Å². The summed E-state index contributed by atoms with van der Waals surface area (Å²) in [5, 5.41) is 0.563. The van der Waals surface area contributed by atoms with Crippen LogP contribution < -0.4 is 14.9 Å². The van der Waals surface area contributed by atoms with E-state index in [1.807, 2.05) is 18.2 Å². The lowest BCUT2D eigenvalue weighted by molar-refractivity contribution is 0.326. The second-order valence-electron chi connectivity index (χ2n) is 4.94. The Morgan fingerprint density at radius 1 is 1.13 bits per heavy atom. The number of hydrogen-bond acceptors (Lipinski definition) is 4. The second kappa shape index (κ2) is 6.40. The van der Waals surface area contributed by atoms with Crippen LogP contribution in [0.4, 0.5) is 0 Å². The van der Waals surface area contributed by atoms with Gasteiger partial charge in [0.15, 0.2) is 16.9 Å². The molecular formula is C19H16O4. The van der Waals surface area contributed by atoms with E-state index in [9.17, 15) is 4.79 Å². The Morgan fingerprint density at radius 3 is 2.74 bits per heavy atom. The Labute approximate surface area is 133 Å². The summed E-state index contributed by atoms with van der Waals surface area (Å²) in [6.07, 6.45) is 1.66. The van der Waals surface area contributed by atoms with Crippen LogP contribution >= 0.6 is 0 Å². The van der Waals surface area contributed by atoms with Gasteiger partial charge >= 0.3 is 0 Å². The Hall–Kier alpha value is -3.01. The van der Waals surface area contributed by atoms with Gasteiger partial charge in [-0.05, 0) is 30.3 Å². The number of para-hydroxylation sites is 1.